The van der Waals surface area contributed by atoms with Crippen molar-refractivity contribution in [3.63, 3.8) is 0 Å². The molecule has 0 saturated carbocycles. The lowest BCUT2D eigenvalue weighted by Gasteiger charge is -2.15. The summed E-state index contributed by atoms with van der Waals surface area (Å²) in [5.74, 6) is 0.764. The second-order valence-corrected chi connectivity index (χ2v) is 9.41. The maximum absolute atomic E-state index is 13.3. The first-order chi connectivity index (χ1) is 17.2. The minimum Gasteiger partial charge on any atom is -0.493 e. The van der Waals surface area contributed by atoms with Crippen LogP contribution in [0.1, 0.15) is 5.69 Å². The van der Waals surface area contributed by atoms with Crippen molar-refractivity contribution in [2.75, 3.05) is 31.0 Å². The van der Waals surface area contributed by atoms with Gasteiger partial charge >= 0.3 is 6.36 Å². The molecule has 13 heteroatoms. The summed E-state index contributed by atoms with van der Waals surface area (Å²) in [7, 11) is 3.00. The van der Waals surface area contributed by atoms with E-state index in [0.29, 0.717) is 45.0 Å². The van der Waals surface area contributed by atoms with Gasteiger partial charge < -0.3 is 19.5 Å². The molecule has 0 aliphatic carbocycles. The lowest BCUT2D eigenvalue weighted by atomic mass is 10.2. The third kappa shape index (κ3) is 5.90. The van der Waals surface area contributed by atoms with Gasteiger partial charge in [0.15, 0.2) is 16.7 Å². The summed E-state index contributed by atoms with van der Waals surface area (Å²) >= 11 is 2.51. The number of anilines is 1. The van der Waals surface area contributed by atoms with Crippen molar-refractivity contribution in [3.05, 3.63) is 58.5 Å². The summed E-state index contributed by atoms with van der Waals surface area (Å²) < 4.78 is 52.9. The molecule has 2 heterocycles. The molecule has 0 atom stereocenters. The van der Waals surface area contributed by atoms with Crippen molar-refractivity contribution >= 4 is 35.1 Å². The maximum atomic E-state index is 13.3. The Hall–Kier alpha value is -3.32. The zero-order valence-electron chi connectivity index (χ0n) is 19.0. The normalized spacial score (nSPS) is 12.7. The number of aryl methyl sites for hydroxylation is 1. The number of ether oxygens (including phenoxy) is 3. The number of aromatic nitrogens is 2. The number of rotatable bonds is 8. The molecule has 0 bridgehead atoms. The Balaban J connectivity index is 1.55. The Bertz CT molecular complexity index is 1330. The summed E-state index contributed by atoms with van der Waals surface area (Å²) in [6, 6.07) is 9.83. The third-order valence-corrected chi connectivity index (χ3v) is 7.04. The van der Waals surface area contributed by atoms with Crippen LogP contribution in [0, 0.1) is 0 Å². The number of hydrogen-bond donors (Lipinski definition) is 1. The second kappa shape index (κ2) is 10.7. The summed E-state index contributed by atoms with van der Waals surface area (Å²) in [6.07, 6.45) is -4.15. The van der Waals surface area contributed by atoms with Crippen molar-refractivity contribution < 1.29 is 32.2 Å². The van der Waals surface area contributed by atoms with Gasteiger partial charge in [-0.25, -0.2) is 4.98 Å². The molecule has 4 rings (SSSR count). The van der Waals surface area contributed by atoms with E-state index in [1.807, 2.05) is 0 Å². The Morgan fingerprint density at radius 2 is 1.86 bits per heavy atom. The topological polar surface area (TPSA) is 91.7 Å². The van der Waals surface area contributed by atoms with Gasteiger partial charge in [-0.15, -0.1) is 24.9 Å². The first-order valence-electron chi connectivity index (χ1n) is 10.5. The van der Waals surface area contributed by atoms with Crippen LogP contribution in [0.15, 0.2) is 57.3 Å². The van der Waals surface area contributed by atoms with Gasteiger partial charge in [0, 0.05) is 23.9 Å². The van der Waals surface area contributed by atoms with Crippen LogP contribution in [-0.2, 0) is 11.2 Å². The number of amides is 1. The molecule has 0 saturated heterocycles. The zero-order valence-corrected chi connectivity index (χ0v) is 20.7. The van der Waals surface area contributed by atoms with Gasteiger partial charge in [0.05, 0.1) is 36.2 Å². The van der Waals surface area contributed by atoms with E-state index in [9.17, 15) is 22.8 Å². The predicted octanol–water partition coefficient (Wildman–Crippen LogP) is 4.53. The van der Waals surface area contributed by atoms with E-state index in [0.717, 1.165) is 29.6 Å². The number of methoxy groups -OCH3 is 2. The van der Waals surface area contributed by atoms with Gasteiger partial charge in [0.2, 0.25) is 5.91 Å². The smallest absolute Gasteiger partial charge is 0.493 e. The Labute approximate surface area is 212 Å². The molecule has 8 nitrogen and oxygen atoms in total. The molecule has 1 N–H and O–H groups in total. The first kappa shape index (κ1) is 25.8. The number of fused-ring (bicyclic) bond motifs is 1. The van der Waals surface area contributed by atoms with Crippen LogP contribution in [0.3, 0.4) is 0 Å². The number of carbonyl (C=O) groups is 1. The molecule has 190 valence electrons. The van der Waals surface area contributed by atoms with Crippen LogP contribution in [-0.4, -0.2) is 47.5 Å². The monoisotopic (exact) mass is 539 g/mol. The zero-order chi connectivity index (χ0) is 25.9. The Morgan fingerprint density at radius 3 is 2.53 bits per heavy atom. The SMILES string of the molecule is COc1ccc(-n2c(SCC(=O)Nc3ccc(OC(F)(F)F)cc3)nc3c(c2=O)SCC3)cc1OC. The largest absolute Gasteiger partial charge is 0.573 e. The van der Waals surface area contributed by atoms with Crippen LogP contribution in [0.2, 0.25) is 0 Å². The molecule has 0 spiro atoms. The van der Waals surface area contributed by atoms with E-state index in [-0.39, 0.29) is 11.3 Å². The summed E-state index contributed by atoms with van der Waals surface area (Å²) in [5.41, 5.74) is 1.25. The van der Waals surface area contributed by atoms with Crippen LogP contribution < -0.4 is 25.1 Å². The minimum absolute atomic E-state index is 0.0908. The standard InChI is InChI=1S/C23H20F3N3O5S2/c1-32-17-8-5-14(11-18(17)33-2)29-21(31)20-16(9-10-35-20)28-22(29)36-12-19(30)27-13-3-6-15(7-4-13)34-23(24,25)26/h3-8,11H,9-10,12H2,1-2H3,(H,27,30). The molecule has 1 amide bonds. The van der Waals surface area contributed by atoms with E-state index in [1.165, 1.54) is 42.7 Å². The molecular formula is C23H20F3N3O5S2. The Morgan fingerprint density at radius 1 is 1.14 bits per heavy atom. The molecule has 1 aliphatic rings. The number of nitrogens with one attached hydrogen (secondary N) is 1. The van der Waals surface area contributed by atoms with E-state index in [2.05, 4.69) is 15.0 Å². The van der Waals surface area contributed by atoms with Gasteiger partial charge in [0.25, 0.3) is 5.56 Å². The van der Waals surface area contributed by atoms with Crippen LogP contribution >= 0.6 is 23.5 Å². The number of hydrogen-bond acceptors (Lipinski definition) is 8. The van der Waals surface area contributed by atoms with Crippen molar-refractivity contribution in [2.24, 2.45) is 0 Å². The van der Waals surface area contributed by atoms with Crippen molar-refractivity contribution in [3.8, 4) is 22.9 Å². The summed E-state index contributed by atoms with van der Waals surface area (Å²) in [5, 5.41) is 2.94. The molecular weight excluding hydrogens is 519 g/mol. The Kier molecular flexibility index (Phi) is 7.69. The van der Waals surface area contributed by atoms with Gasteiger partial charge in [-0.05, 0) is 36.4 Å². The third-order valence-electron chi connectivity index (χ3n) is 5.00. The van der Waals surface area contributed by atoms with Crippen LogP contribution in [0.25, 0.3) is 5.69 Å². The number of alkyl halides is 3. The number of carbonyl (C=O) groups excluding carboxylic acids is 1. The number of halogens is 3. The van der Waals surface area contributed by atoms with E-state index < -0.39 is 18.0 Å². The van der Waals surface area contributed by atoms with Crippen molar-refractivity contribution in [2.45, 2.75) is 22.8 Å². The molecule has 0 unspecified atom stereocenters. The lowest BCUT2D eigenvalue weighted by Crippen LogP contribution is -2.24. The number of benzene rings is 2. The summed E-state index contributed by atoms with van der Waals surface area (Å²) in [6.45, 7) is 0. The lowest BCUT2D eigenvalue weighted by molar-refractivity contribution is -0.274. The highest BCUT2D eigenvalue weighted by molar-refractivity contribution is 8.00. The minimum atomic E-state index is -4.80. The van der Waals surface area contributed by atoms with Crippen molar-refractivity contribution in [1.29, 1.82) is 0 Å². The van der Waals surface area contributed by atoms with Gasteiger partial charge in [0.1, 0.15) is 5.75 Å². The van der Waals surface area contributed by atoms with Crippen molar-refractivity contribution in [1.82, 2.24) is 9.55 Å². The molecule has 3 aromatic rings. The van der Waals surface area contributed by atoms with E-state index >= 15 is 0 Å². The van der Waals surface area contributed by atoms with Gasteiger partial charge in [-0.1, -0.05) is 11.8 Å². The predicted molar refractivity (Wildman–Crippen MR) is 130 cm³/mol. The second-order valence-electron chi connectivity index (χ2n) is 7.36. The highest BCUT2D eigenvalue weighted by Crippen LogP contribution is 2.33. The first-order valence-corrected chi connectivity index (χ1v) is 12.4. The molecule has 0 radical (unpaired) electrons. The number of thioether (sulfide) groups is 2. The highest BCUT2D eigenvalue weighted by atomic mass is 32.2. The van der Waals surface area contributed by atoms with Crippen LogP contribution in [0.5, 0.6) is 17.2 Å². The molecule has 1 aromatic heterocycles. The van der Waals surface area contributed by atoms with Gasteiger partial charge in [-0.2, -0.15) is 0 Å². The fourth-order valence-electron chi connectivity index (χ4n) is 3.45. The highest BCUT2D eigenvalue weighted by Gasteiger charge is 2.31. The average molecular weight is 540 g/mol. The fraction of sp³-hybridized carbons (Fsp3) is 0.261. The molecule has 36 heavy (non-hydrogen) atoms. The summed E-state index contributed by atoms with van der Waals surface area (Å²) in [4.78, 5) is 31.1. The average Bonchev–Trinajstić information content (AvgIpc) is 3.32. The van der Waals surface area contributed by atoms with E-state index in [1.54, 1.807) is 18.2 Å². The van der Waals surface area contributed by atoms with E-state index in [4.69, 9.17) is 9.47 Å². The number of nitrogens with zero attached hydrogens (tertiary/aromatic N) is 2. The molecule has 0 fully saturated rings. The quantitative estimate of drug-likeness (QED) is 0.330. The van der Waals surface area contributed by atoms with Crippen LogP contribution in [0.4, 0.5) is 18.9 Å². The molecule has 1 aliphatic heterocycles. The fourth-order valence-corrected chi connectivity index (χ4v) is 5.30. The maximum Gasteiger partial charge on any atom is 0.573 e. The van der Waals surface area contributed by atoms with Gasteiger partial charge in [-0.3, -0.25) is 14.2 Å². The molecule has 2 aromatic carbocycles.